The van der Waals surface area contributed by atoms with E-state index >= 15 is 0 Å². The molecule has 2 rings (SSSR count). The number of rotatable bonds is 6. The fourth-order valence-corrected chi connectivity index (χ4v) is 3.51. The Hall–Kier alpha value is -1.49. The summed E-state index contributed by atoms with van der Waals surface area (Å²) in [5.74, 6) is -1.05. The molecule has 6 nitrogen and oxygen atoms in total. The van der Waals surface area contributed by atoms with Crippen LogP contribution < -0.4 is 9.62 Å². The highest BCUT2D eigenvalue weighted by atomic mass is 32.2. The van der Waals surface area contributed by atoms with Gasteiger partial charge in [0.2, 0.25) is 16.0 Å². The van der Waals surface area contributed by atoms with Gasteiger partial charge in [0, 0.05) is 19.6 Å². The van der Waals surface area contributed by atoms with Gasteiger partial charge in [0.05, 0.1) is 24.6 Å². The van der Waals surface area contributed by atoms with E-state index in [0.717, 1.165) is 12.4 Å². The average Bonchev–Trinajstić information content (AvgIpc) is 2.52. The zero-order chi connectivity index (χ0) is 17.8. The van der Waals surface area contributed by atoms with E-state index in [1.54, 1.807) is 0 Å². The van der Waals surface area contributed by atoms with Crippen molar-refractivity contribution in [1.29, 1.82) is 0 Å². The molecule has 1 fully saturated rings. The molecular formula is C13H18F4N4O2S. The monoisotopic (exact) mass is 370 g/mol. The van der Waals surface area contributed by atoms with E-state index in [0.29, 0.717) is 31.9 Å². The van der Waals surface area contributed by atoms with Crippen LogP contribution in [0.25, 0.3) is 0 Å². The lowest BCUT2D eigenvalue weighted by atomic mass is 9.97. The van der Waals surface area contributed by atoms with E-state index in [-0.39, 0.29) is 12.5 Å². The first-order chi connectivity index (χ1) is 11.1. The molecule has 1 aliphatic heterocycles. The summed E-state index contributed by atoms with van der Waals surface area (Å²) in [6.45, 7) is 1.25. The SMILES string of the molecule is O=S(=O)(CCC(F)(F)F)NCC1CCN(c2ncc(F)cn2)CC1. The number of aromatic nitrogens is 2. The van der Waals surface area contributed by atoms with E-state index in [9.17, 15) is 26.0 Å². The van der Waals surface area contributed by atoms with Crippen LogP contribution in [-0.4, -0.2) is 49.9 Å². The van der Waals surface area contributed by atoms with Gasteiger partial charge in [-0.2, -0.15) is 13.2 Å². The van der Waals surface area contributed by atoms with Gasteiger partial charge < -0.3 is 4.90 Å². The molecule has 0 spiro atoms. The molecule has 11 heteroatoms. The fraction of sp³-hybridized carbons (Fsp3) is 0.692. The lowest BCUT2D eigenvalue weighted by Crippen LogP contribution is -2.40. The van der Waals surface area contributed by atoms with Crippen LogP contribution in [0.1, 0.15) is 19.3 Å². The lowest BCUT2D eigenvalue weighted by Gasteiger charge is -2.31. The molecule has 1 aromatic rings. The maximum Gasteiger partial charge on any atom is 0.390 e. The van der Waals surface area contributed by atoms with Gasteiger partial charge in [-0.1, -0.05) is 0 Å². The molecule has 0 bridgehead atoms. The van der Waals surface area contributed by atoms with Crippen LogP contribution in [0.4, 0.5) is 23.5 Å². The first-order valence-corrected chi connectivity index (χ1v) is 9.06. The third-order valence-electron chi connectivity index (χ3n) is 3.75. The number of anilines is 1. The van der Waals surface area contributed by atoms with Crippen molar-refractivity contribution in [3.05, 3.63) is 18.2 Å². The normalized spacial score (nSPS) is 17.2. The van der Waals surface area contributed by atoms with Crippen LogP contribution in [0.3, 0.4) is 0 Å². The van der Waals surface area contributed by atoms with Gasteiger partial charge in [0.25, 0.3) is 0 Å². The molecule has 0 aromatic carbocycles. The summed E-state index contributed by atoms with van der Waals surface area (Å²) in [5, 5.41) is 0. The van der Waals surface area contributed by atoms with Gasteiger partial charge >= 0.3 is 6.18 Å². The van der Waals surface area contributed by atoms with Gasteiger partial charge in [-0.3, -0.25) is 0 Å². The van der Waals surface area contributed by atoms with Crippen molar-refractivity contribution in [3.63, 3.8) is 0 Å². The number of nitrogens with zero attached hydrogens (tertiary/aromatic N) is 3. The predicted molar refractivity (Wildman–Crippen MR) is 79.4 cm³/mol. The zero-order valence-electron chi connectivity index (χ0n) is 12.8. The Bertz CT molecular complexity index is 628. The highest BCUT2D eigenvalue weighted by Crippen LogP contribution is 2.21. The third-order valence-corrected chi connectivity index (χ3v) is 5.10. The van der Waals surface area contributed by atoms with Crippen molar-refractivity contribution < 1.29 is 26.0 Å². The van der Waals surface area contributed by atoms with E-state index in [2.05, 4.69) is 14.7 Å². The molecule has 0 aliphatic carbocycles. The second-order valence-corrected chi connectivity index (χ2v) is 7.59. The molecule has 0 amide bonds. The van der Waals surface area contributed by atoms with E-state index in [1.165, 1.54) is 0 Å². The Morgan fingerprint density at radius 2 is 1.79 bits per heavy atom. The second-order valence-electron chi connectivity index (χ2n) is 5.66. The van der Waals surface area contributed by atoms with Crippen LogP contribution in [0.15, 0.2) is 12.4 Å². The Morgan fingerprint density at radius 1 is 1.21 bits per heavy atom. The minimum Gasteiger partial charge on any atom is -0.341 e. The van der Waals surface area contributed by atoms with Crippen molar-refractivity contribution in [2.24, 2.45) is 5.92 Å². The number of alkyl halides is 3. The molecule has 0 unspecified atom stereocenters. The largest absolute Gasteiger partial charge is 0.390 e. The third kappa shape index (κ3) is 6.19. The summed E-state index contributed by atoms with van der Waals surface area (Å²) in [4.78, 5) is 9.62. The average molecular weight is 370 g/mol. The molecule has 0 atom stereocenters. The maximum absolute atomic E-state index is 12.8. The summed E-state index contributed by atoms with van der Waals surface area (Å²) < 4.78 is 74.4. The second kappa shape index (κ2) is 7.60. The van der Waals surface area contributed by atoms with Crippen molar-refractivity contribution in [1.82, 2.24) is 14.7 Å². The Morgan fingerprint density at radius 3 is 2.33 bits per heavy atom. The molecule has 0 radical (unpaired) electrons. The number of hydrogen-bond acceptors (Lipinski definition) is 5. The lowest BCUT2D eigenvalue weighted by molar-refractivity contribution is -0.129. The molecule has 136 valence electrons. The van der Waals surface area contributed by atoms with Crippen molar-refractivity contribution in [2.75, 3.05) is 30.3 Å². The number of halogens is 4. The summed E-state index contributed by atoms with van der Waals surface area (Å²) in [5.41, 5.74) is 0. The smallest absolute Gasteiger partial charge is 0.341 e. The van der Waals surface area contributed by atoms with Gasteiger partial charge in [-0.15, -0.1) is 0 Å². The van der Waals surface area contributed by atoms with Gasteiger partial charge in [-0.05, 0) is 18.8 Å². The quantitative estimate of drug-likeness (QED) is 0.772. The van der Waals surface area contributed by atoms with E-state index in [1.807, 2.05) is 4.90 Å². The zero-order valence-corrected chi connectivity index (χ0v) is 13.6. The van der Waals surface area contributed by atoms with Gasteiger partial charge in [0.15, 0.2) is 5.82 Å². The minimum atomic E-state index is -4.49. The highest BCUT2D eigenvalue weighted by molar-refractivity contribution is 7.89. The topological polar surface area (TPSA) is 75.2 Å². The first kappa shape index (κ1) is 18.8. The summed E-state index contributed by atoms with van der Waals surface area (Å²) in [6.07, 6.45) is -2.42. The van der Waals surface area contributed by atoms with E-state index < -0.39 is 34.2 Å². The Labute approximate surface area is 137 Å². The van der Waals surface area contributed by atoms with Gasteiger partial charge in [0.1, 0.15) is 0 Å². The van der Waals surface area contributed by atoms with Crippen LogP contribution in [0, 0.1) is 11.7 Å². The standard InChI is InChI=1S/C13H18F4N4O2S/c14-11-8-18-12(19-9-11)21-4-1-10(2-5-21)7-20-24(22,23)6-3-13(15,16)17/h8-10,20H,1-7H2. The summed E-state index contributed by atoms with van der Waals surface area (Å²) in [6, 6.07) is 0. The maximum atomic E-state index is 12.8. The molecule has 0 saturated carbocycles. The predicted octanol–water partition coefficient (Wildman–Crippen LogP) is 1.70. The fourth-order valence-electron chi connectivity index (χ4n) is 2.37. The molecule has 1 aromatic heterocycles. The van der Waals surface area contributed by atoms with Crippen molar-refractivity contribution in [3.8, 4) is 0 Å². The summed E-state index contributed by atoms with van der Waals surface area (Å²) >= 11 is 0. The number of piperidine rings is 1. The first-order valence-electron chi connectivity index (χ1n) is 7.41. The van der Waals surface area contributed by atoms with Crippen molar-refractivity contribution >= 4 is 16.0 Å². The van der Waals surface area contributed by atoms with Gasteiger partial charge in [-0.25, -0.2) is 27.5 Å². The molecule has 24 heavy (non-hydrogen) atoms. The van der Waals surface area contributed by atoms with Crippen LogP contribution in [0.5, 0.6) is 0 Å². The molecule has 2 heterocycles. The summed E-state index contributed by atoms with van der Waals surface area (Å²) in [7, 11) is -3.93. The van der Waals surface area contributed by atoms with E-state index in [4.69, 9.17) is 0 Å². The number of nitrogens with one attached hydrogen (secondary N) is 1. The van der Waals surface area contributed by atoms with Crippen LogP contribution in [0.2, 0.25) is 0 Å². The Balaban J connectivity index is 1.76. The van der Waals surface area contributed by atoms with Crippen molar-refractivity contribution in [2.45, 2.75) is 25.4 Å². The van der Waals surface area contributed by atoms with Crippen LogP contribution in [-0.2, 0) is 10.0 Å². The minimum absolute atomic E-state index is 0.0300. The van der Waals surface area contributed by atoms with Crippen LogP contribution >= 0.6 is 0 Å². The molecule has 1 saturated heterocycles. The number of hydrogen-bond donors (Lipinski definition) is 1. The molecule has 1 N–H and O–H groups in total. The molecular weight excluding hydrogens is 352 g/mol. The Kier molecular flexibility index (Phi) is 5.97. The highest BCUT2D eigenvalue weighted by Gasteiger charge is 2.30. The molecule has 1 aliphatic rings. The number of sulfonamides is 1.